The monoisotopic (exact) mass is 440 g/mol. The molecule has 1 amide bonds. The summed E-state index contributed by atoms with van der Waals surface area (Å²) in [7, 11) is 0. The number of para-hydroxylation sites is 2. The Balaban J connectivity index is 1.41. The number of nitrogens with one attached hydrogen (secondary N) is 1. The van der Waals surface area contributed by atoms with E-state index in [0.29, 0.717) is 17.2 Å². The van der Waals surface area contributed by atoms with E-state index >= 15 is 0 Å². The van der Waals surface area contributed by atoms with Crippen molar-refractivity contribution in [3.05, 3.63) is 125 Å². The number of hydrogen-bond donors (Lipinski definition) is 1. The van der Waals surface area contributed by atoms with Crippen molar-refractivity contribution in [2.75, 3.05) is 10.2 Å². The Morgan fingerprint density at radius 1 is 0.812 bits per heavy atom. The average molecular weight is 441 g/mol. The topological polar surface area (TPSA) is 41.6 Å². The second kappa shape index (κ2) is 8.77. The summed E-state index contributed by atoms with van der Waals surface area (Å²) >= 11 is 5.94. The molecule has 1 unspecified atom stereocenters. The van der Waals surface area contributed by atoms with Crippen LogP contribution in [0.2, 0.25) is 5.02 Å². The third-order valence-electron chi connectivity index (χ3n) is 5.48. The summed E-state index contributed by atoms with van der Waals surface area (Å²) in [5, 5.41) is 4.23. The minimum absolute atomic E-state index is 0.0291. The van der Waals surface area contributed by atoms with Crippen molar-refractivity contribution in [3.8, 4) is 5.75 Å². The predicted molar refractivity (Wildman–Crippen MR) is 128 cm³/mol. The molecule has 158 valence electrons. The molecule has 1 aliphatic rings. The molecule has 4 aromatic rings. The van der Waals surface area contributed by atoms with Gasteiger partial charge in [-0.2, -0.15) is 0 Å². The number of hydrogen-bond acceptors (Lipinski definition) is 3. The van der Waals surface area contributed by atoms with Gasteiger partial charge in [0, 0.05) is 16.4 Å². The molecule has 0 bridgehead atoms. The van der Waals surface area contributed by atoms with E-state index < -0.39 is 0 Å². The molecule has 1 heterocycles. The molecule has 0 spiro atoms. The quantitative estimate of drug-likeness (QED) is 0.376. The lowest BCUT2D eigenvalue weighted by atomic mass is 10.0. The number of fused-ring (bicyclic) bond motifs is 1. The standard InChI is InChI=1S/C27H21ClN2O2/c28-21-14-10-19(11-15-21)18-32-23-16-12-20(13-17-23)26-29-25-9-5-4-8-24(25)27(31)30(26)22-6-2-1-3-7-22/h1-17,26,29H,18H2. The summed E-state index contributed by atoms with van der Waals surface area (Å²) in [5.74, 6) is 0.733. The number of ether oxygens (including phenoxy) is 1. The minimum Gasteiger partial charge on any atom is -0.489 e. The van der Waals surface area contributed by atoms with E-state index in [2.05, 4.69) is 5.32 Å². The van der Waals surface area contributed by atoms with E-state index in [1.165, 1.54) is 0 Å². The summed E-state index contributed by atoms with van der Waals surface area (Å²) in [5.41, 5.74) is 4.35. The van der Waals surface area contributed by atoms with Gasteiger partial charge in [0.15, 0.2) is 0 Å². The van der Waals surface area contributed by atoms with Crippen molar-refractivity contribution in [1.82, 2.24) is 0 Å². The first kappa shape index (κ1) is 20.2. The molecule has 5 heteroatoms. The third-order valence-corrected chi connectivity index (χ3v) is 5.73. The molecule has 0 fully saturated rings. The Labute approximate surface area is 192 Å². The van der Waals surface area contributed by atoms with Gasteiger partial charge in [-0.05, 0) is 59.7 Å². The molecular weight excluding hydrogens is 420 g/mol. The Morgan fingerprint density at radius 2 is 1.50 bits per heavy atom. The molecule has 5 rings (SSSR count). The van der Waals surface area contributed by atoms with E-state index in [9.17, 15) is 4.79 Å². The fraction of sp³-hybridized carbons (Fsp3) is 0.0741. The van der Waals surface area contributed by atoms with Crippen LogP contribution in [0.3, 0.4) is 0 Å². The second-order valence-corrected chi connectivity index (χ2v) is 8.02. The molecule has 0 saturated heterocycles. The lowest BCUT2D eigenvalue weighted by molar-refractivity contribution is 0.0975. The number of amides is 1. The molecule has 1 aliphatic heterocycles. The van der Waals surface area contributed by atoms with Crippen molar-refractivity contribution < 1.29 is 9.53 Å². The smallest absolute Gasteiger partial charge is 0.262 e. The zero-order valence-electron chi connectivity index (χ0n) is 17.2. The fourth-order valence-corrected chi connectivity index (χ4v) is 3.96. The van der Waals surface area contributed by atoms with Crippen molar-refractivity contribution >= 4 is 28.9 Å². The van der Waals surface area contributed by atoms with Crippen molar-refractivity contribution in [1.29, 1.82) is 0 Å². The third kappa shape index (κ3) is 4.05. The van der Waals surface area contributed by atoms with Crippen molar-refractivity contribution in [2.45, 2.75) is 12.8 Å². The van der Waals surface area contributed by atoms with Crippen LogP contribution in [-0.2, 0) is 6.61 Å². The minimum atomic E-state index is -0.329. The van der Waals surface area contributed by atoms with E-state index in [1.807, 2.05) is 103 Å². The largest absolute Gasteiger partial charge is 0.489 e. The summed E-state index contributed by atoms with van der Waals surface area (Å²) < 4.78 is 5.92. The van der Waals surface area contributed by atoms with Gasteiger partial charge in [0.1, 0.15) is 18.5 Å². The second-order valence-electron chi connectivity index (χ2n) is 7.59. The highest BCUT2D eigenvalue weighted by molar-refractivity contribution is 6.30. The summed E-state index contributed by atoms with van der Waals surface area (Å²) in [6.45, 7) is 0.459. The molecule has 0 aliphatic carbocycles. The van der Waals surface area contributed by atoms with Gasteiger partial charge in [-0.3, -0.25) is 9.69 Å². The molecular formula is C27H21ClN2O2. The average Bonchev–Trinajstić information content (AvgIpc) is 2.84. The molecule has 1 N–H and O–H groups in total. The number of benzene rings is 4. The van der Waals surface area contributed by atoms with Gasteiger partial charge in [0.25, 0.3) is 5.91 Å². The molecule has 4 nitrogen and oxygen atoms in total. The maximum absolute atomic E-state index is 13.4. The van der Waals surface area contributed by atoms with Crippen LogP contribution in [0.5, 0.6) is 5.75 Å². The Kier molecular flexibility index (Phi) is 5.53. The van der Waals surface area contributed by atoms with Gasteiger partial charge in [0.05, 0.1) is 5.56 Å². The maximum Gasteiger partial charge on any atom is 0.262 e. The Bertz CT molecular complexity index is 1220. The van der Waals surface area contributed by atoms with Crippen molar-refractivity contribution in [2.24, 2.45) is 0 Å². The van der Waals surface area contributed by atoms with E-state index in [-0.39, 0.29) is 12.1 Å². The fourth-order valence-electron chi connectivity index (χ4n) is 3.84. The molecule has 1 atom stereocenters. The number of anilines is 2. The first-order valence-corrected chi connectivity index (χ1v) is 10.8. The van der Waals surface area contributed by atoms with Crippen LogP contribution in [0.1, 0.15) is 27.7 Å². The van der Waals surface area contributed by atoms with Crippen LogP contribution in [0, 0.1) is 0 Å². The van der Waals surface area contributed by atoms with Gasteiger partial charge < -0.3 is 10.1 Å². The van der Waals surface area contributed by atoms with Crippen LogP contribution in [0.25, 0.3) is 0 Å². The van der Waals surface area contributed by atoms with Gasteiger partial charge in [-0.15, -0.1) is 0 Å². The van der Waals surface area contributed by atoms with Gasteiger partial charge in [0.2, 0.25) is 0 Å². The maximum atomic E-state index is 13.4. The number of carbonyl (C=O) groups is 1. The van der Waals surface area contributed by atoms with Gasteiger partial charge in [-0.25, -0.2) is 0 Å². The lowest BCUT2D eigenvalue weighted by Crippen LogP contribution is -2.43. The van der Waals surface area contributed by atoms with E-state index in [4.69, 9.17) is 16.3 Å². The summed E-state index contributed by atoms with van der Waals surface area (Å²) in [6.07, 6.45) is -0.329. The highest BCUT2D eigenvalue weighted by atomic mass is 35.5. The highest BCUT2D eigenvalue weighted by Crippen LogP contribution is 2.36. The number of nitrogens with zero attached hydrogens (tertiary/aromatic N) is 1. The first-order valence-electron chi connectivity index (χ1n) is 10.4. The normalized spacial score (nSPS) is 15.1. The molecule has 4 aromatic carbocycles. The molecule has 32 heavy (non-hydrogen) atoms. The Morgan fingerprint density at radius 3 is 2.25 bits per heavy atom. The SMILES string of the molecule is O=C1c2ccccc2NC(c2ccc(OCc3ccc(Cl)cc3)cc2)N1c1ccccc1. The van der Waals surface area contributed by atoms with Crippen LogP contribution in [-0.4, -0.2) is 5.91 Å². The van der Waals surface area contributed by atoms with Crippen LogP contribution >= 0.6 is 11.6 Å². The zero-order chi connectivity index (χ0) is 21.9. The lowest BCUT2D eigenvalue weighted by Gasteiger charge is -2.38. The summed E-state index contributed by atoms with van der Waals surface area (Å²) in [4.78, 5) is 15.2. The van der Waals surface area contributed by atoms with Crippen LogP contribution < -0.4 is 15.0 Å². The predicted octanol–water partition coefficient (Wildman–Crippen LogP) is 6.69. The molecule has 0 saturated carbocycles. The number of carbonyl (C=O) groups excluding carboxylic acids is 1. The Hall–Kier alpha value is -3.76. The van der Waals surface area contributed by atoms with Crippen LogP contribution in [0.4, 0.5) is 11.4 Å². The zero-order valence-corrected chi connectivity index (χ0v) is 18.0. The van der Waals surface area contributed by atoms with Gasteiger partial charge >= 0.3 is 0 Å². The van der Waals surface area contributed by atoms with E-state index in [0.717, 1.165) is 28.3 Å². The summed E-state index contributed by atoms with van der Waals surface area (Å²) in [6, 6.07) is 32.8. The van der Waals surface area contributed by atoms with Gasteiger partial charge in [-0.1, -0.05) is 66.2 Å². The number of halogens is 1. The highest BCUT2D eigenvalue weighted by Gasteiger charge is 2.33. The number of rotatable bonds is 5. The van der Waals surface area contributed by atoms with E-state index in [1.54, 1.807) is 4.90 Å². The molecule has 0 aromatic heterocycles. The first-order chi connectivity index (χ1) is 15.7. The molecule has 0 radical (unpaired) electrons. The van der Waals surface area contributed by atoms with Crippen LogP contribution in [0.15, 0.2) is 103 Å². The van der Waals surface area contributed by atoms with Crippen molar-refractivity contribution in [3.63, 3.8) is 0 Å².